The van der Waals surface area contributed by atoms with Gasteiger partial charge < -0.3 is 10.4 Å². The van der Waals surface area contributed by atoms with Crippen molar-refractivity contribution in [3.63, 3.8) is 0 Å². The first-order valence-electron chi connectivity index (χ1n) is 7.98. The van der Waals surface area contributed by atoms with Gasteiger partial charge in [-0.25, -0.2) is 0 Å². The minimum atomic E-state index is -0.851. The molecule has 0 aromatic carbocycles. The van der Waals surface area contributed by atoms with Gasteiger partial charge in [-0.15, -0.1) is 0 Å². The van der Waals surface area contributed by atoms with E-state index >= 15 is 0 Å². The zero-order valence-corrected chi connectivity index (χ0v) is 13.1. The smallest absolute Gasteiger partial charge is 0.102 e. The molecular weight excluding hydrogens is 250 g/mol. The number of hydrogen-bond donors (Lipinski definition) is 2. The van der Waals surface area contributed by atoms with Gasteiger partial charge in [-0.1, -0.05) is 26.2 Å². The number of aromatic nitrogens is 2. The molecule has 0 aliphatic heterocycles. The second kappa shape index (κ2) is 6.72. The molecule has 2 rings (SSSR count). The van der Waals surface area contributed by atoms with E-state index in [2.05, 4.69) is 17.3 Å². The lowest BCUT2D eigenvalue weighted by molar-refractivity contribution is 0.0496. The summed E-state index contributed by atoms with van der Waals surface area (Å²) in [4.78, 5) is 0. The number of rotatable bonds is 6. The topological polar surface area (TPSA) is 50.1 Å². The highest BCUT2D eigenvalue weighted by molar-refractivity contribution is 5.14. The van der Waals surface area contributed by atoms with E-state index in [1.807, 2.05) is 20.2 Å². The lowest BCUT2D eigenvalue weighted by Crippen LogP contribution is -2.44. The van der Waals surface area contributed by atoms with Gasteiger partial charge in [-0.05, 0) is 32.1 Å². The maximum Gasteiger partial charge on any atom is 0.102 e. The van der Waals surface area contributed by atoms with Crippen LogP contribution in [0.5, 0.6) is 0 Å². The lowest BCUT2D eigenvalue weighted by atomic mass is 9.82. The summed E-state index contributed by atoms with van der Waals surface area (Å²) in [5, 5.41) is 18.4. The fraction of sp³-hybridized carbons (Fsp3) is 0.812. The van der Waals surface area contributed by atoms with E-state index in [9.17, 15) is 5.11 Å². The van der Waals surface area contributed by atoms with Crippen LogP contribution in [0.25, 0.3) is 0 Å². The summed E-state index contributed by atoms with van der Waals surface area (Å²) in [5.41, 5.74) is 0.0297. The van der Waals surface area contributed by atoms with Crippen molar-refractivity contribution in [1.29, 1.82) is 0 Å². The summed E-state index contributed by atoms with van der Waals surface area (Å²) < 4.78 is 1.74. The Labute approximate surface area is 122 Å². The van der Waals surface area contributed by atoms with Crippen LogP contribution in [0.3, 0.4) is 0 Å². The Morgan fingerprint density at radius 3 is 2.70 bits per heavy atom. The van der Waals surface area contributed by atoms with E-state index < -0.39 is 5.60 Å². The van der Waals surface area contributed by atoms with Crippen LogP contribution in [0, 0.1) is 5.92 Å². The van der Waals surface area contributed by atoms with E-state index in [0.717, 1.165) is 17.9 Å². The molecule has 2 N–H and O–H groups in total. The quantitative estimate of drug-likeness (QED) is 0.841. The number of aliphatic hydroxyl groups is 1. The molecule has 0 radical (unpaired) electrons. The standard InChI is InChI=1S/C16H29N3O/c1-4-15(13-8-6-5-7-9-13)17-12-16(2,20)14-10-18-19(3)11-14/h10-11,13,15,17,20H,4-9,12H2,1-3H3. The molecule has 0 spiro atoms. The van der Waals surface area contributed by atoms with E-state index in [0.29, 0.717) is 12.6 Å². The fourth-order valence-corrected chi connectivity index (χ4v) is 3.31. The molecule has 2 atom stereocenters. The third kappa shape index (κ3) is 3.83. The molecule has 1 aliphatic carbocycles. The molecule has 0 saturated heterocycles. The summed E-state index contributed by atoms with van der Waals surface area (Å²) in [5.74, 6) is 0.776. The van der Waals surface area contributed by atoms with Gasteiger partial charge in [0.2, 0.25) is 0 Å². The van der Waals surface area contributed by atoms with Gasteiger partial charge >= 0.3 is 0 Å². The predicted molar refractivity (Wildman–Crippen MR) is 81.4 cm³/mol. The zero-order chi connectivity index (χ0) is 14.6. The fourth-order valence-electron chi connectivity index (χ4n) is 3.31. The summed E-state index contributed by atoms with van der Waals surface area (Å²) in [6, 6.07) is 0.526. The van der Waals surface area contributed by atoms with Gasteiger partial charge in [-0.2, -0.15) is 5.10 Å². The van der Waals surface area contributed by atoms with Crippen molar-refractivity contribution in [3.05, 3.63) is 18.0 Å². The first kappa shape index (κ1) is 15.5. The van der Waals surface area contributed by atoms with Crippen molar-refractivity contribution in [3.8, 4) is 0 Å². The van der Waals surface area contributed by atoms with Crippen LogP contribution in [0.4, 0.5) is 0 Å². The van der Waals surface area contributed by atoms with Crippen LogP contribution in [-0.2, 0) is 12.6 Å². The number of nitrogens with one attached hydrogen (secondary N) is 1. The van der Waals surface area contributed by atoms with Crippen LogP contribution in [0.2, 0.25) is 0 Å². The highest BCUT2D eigenvalue weighted by atomic mass is 16.3. The van der Waals surface area contributed by atoms with Crippen molar-refractivity contribution < 1.29 is 5.11 Å². The first-order chi connectivity index (χ1) is 9.53. The van der Waals surface area contributed by atoms with E-state index in [-0.39, 0.29) is 0 Å². The second-order valence-electron chi connectivity index (χ2n) is 6.47. The Balaban J connectivity index is 1.91. The summed E-state index contributed by atoms with van der Waals surface area (Å²) in [6.45, 7) is 4.70. The minimum absolute atomic E-state index is 0.526. The average Bonchev–Trinajstić information content (AvgIpc) is 2.88. The molecule has 4 nitrogen and oxygen atoms in total. The highest BCUT2D eigenvalue weighted by Crippen LogP contribution is 2.28. The number of aryl methyl sites for hydroxylation is 1. The van der Waals surface area contributed by atoms with Crippen molar-refractivity contribution in [2.45, 2.75) is 64.0 Å². The Bertz CT molecular complexity index is 408. The third-order valence-electron chi connectivity index (χ3n) is 4.69. The van der Waals surface area contributed by atoms with Crippen LogP contribution >= 0.6 is 0 Å². The summed E-state index contributed by atoms with van der Waals surface area (Å²) >= 11 is 0. The molecule has 0 bridgehead atoms. The van der Waals surface area contributed by atoms with Crippen LogP contribution in [0.15, 0.2) is 12.4 Å². The zero-order valence-electron chi connectivity index (χ0n) is 13.1. The van der Waals surface area contributed by atoms with Crippen molar-refractivity contribution >= 4 is 0 Å². The lowest BCUT2D eigenvalue weighted by Gasteiger charge is -2.33. The minimum Gasteiger partial charge on any atom is -0.384 e. The molecule has 20 heavy (non-hydrogen) atoms. The molecule has 2 unspecified atom stereocenters. The van der Waals surface area contributed by atoms with Crippen LogP contribution in [0.1, 0.15) is 57.9 Å². The van der Waals surface area contributed by atoms with Gasteiger partial charge in [0, 0.05) is 31.4 Å². The number of nitrogens with zero attached hydrogens (tertiary/aromatic N) is 2. The molecule has 1 heterocycles. The first-order valence-corrected chi connectivity index (χ1v) is 7.98. The highest BCUT2D eigenvalue weighted by Gasteiger charge is 2.28. The van der Waals surface area contributed by atoms with E-state index in [1.54, 1.807) is 10.9 Å². The van der Waals surface area contributed by atoms with Gasteiger partial charge in [0.05, 0.1) is 6.20 Å². The van der Waals surface area contributed by atoms with Crippen molar-refractivity contribution in [2.75, 3.05) is 6.54 Å². The number of hydrogen-bond acceptors (Lipinski definition) is 3. The van der Waals surface area contributed by atoms with Crippen molar-refractivity contribution in [1.82, 2.24) is 15.1 Å². The van der Waals surface area contributed by atoms with Crippen molar-refractivity contribution in [2.24, 2.45) is 13.0 Å². The summed E-state index contributed by atoms with van der Waals surface area (Å²) in [7, 11) is 1.88. The molecule has 1 aromatic rings. The average molecular weight is 279 g/mol. The molecule has 114 valence electrons. The summed E-state index contributed by atoms with van der Waals surface area (Å²) in [6.07, 6.45) is 11.6. The van der Waals surface area contributed by atoms with Gasteiger partial charge in [0.25, 0.3) is 0 Å². The van der Waals surface area contributed by atoms with Gasteiger partial charge in [0.15, 0.2) is 0 Å². The molecule has 1 saturated carbocycles. The Morgan fingerprint density at radius 1 is 1.45 bits per heavy atom. The molecule has 4 heteroatoms. The molecule has 0 amide bonds. The Hall–Kier alpha value is -0.870. The monoisotopic (exact) mass is 279 g/mol. The van der Waals surface area contributed by atoms with Crippen LogP contribution in [-0.4, -0.2) is 27.5 Å². The third-order valence-corrected chi connectivity index (χ3v) is 4.69. The second-order valence-corrected chi connectivity index (χ2v) is 6.47. The largest absolute Gasteiger partial charge is 0.384 e. The molecule has 1 aliphatic rings. The maximum absolute atomic E-state index is 10.6. The van der Waals surface area contributed by atoms with Gasteiger partial charge in [-0.3, -0.25) is 4.68 Å². The van der Waals surface area contributed by atoms with E-state index in [4.69, 9.17) is 0 Å². The maximum atomic E-state index is 10.6. The normalized spacial score (nSPS) is 21.6. The van der Waals surface area contributed by atoms with Crippen LogP contribution < -0.4 is 5.32 Å². The molecule has 1 aromatic heterocycles. The van der Waals surface area contributed by atoms with E-state index in [1.165, 1.54) is 32.1 Å². The predicted octanol–water partition coefficient (Wildman–Crippen LogP) is 2.58. The van der Waals surface area contributed by atoms with Gasteiger partial charge in [0.1, 0.15) is 5.60 Å². The SMILES string of the molecule is CCC(NCC(C)(O)c1cnn(C)c1)C1CCCCC1. The molecule has 1 fully saturated rings. The molecular formula is C16H29N3O. The Morgan fingerprint density at radius 2 is 2.15 bits per heavy atom. The Kier molecular flexibility index (Phi) is 5.22.